The molecule has 3 N–H and O–H groups in total. The number of anilines is 2. The van der Waals surface area contributed by atoms with Crippen molar-refractivity contribution in [2.24, 2.45) is 0 Å². The number of rotatable bonds is 4. The third kappa shape index (κ3) is 6.57. The van der Waals surface area contributed by atoms with Crippen LogP contribution in [0.4, 0.5) is 21.0 Å². The van der Waals surface area contributed by atoms with Gasteiger partial charge >= 0.3 is 12.2 Å². The Morgan fingerprint density at radius 2 is 1.94 bits per heavy atom. The fourth-order valence-corrected chi connectivity index (χ4v) is 3.71. The first-order valence-corrected chi connectivity index (χ1v) is 11.3. The van der Waals surface area contributed by atoms with Gasteiger partial charge in [-0.3, -0.25) is 15.1 Å². The van der Waals surface area contributed by atoms with Gasteiger partial charge in [-0.2, -0.15) is 0 Å². The summed E-state index contributed by atoms with van der Waals surface area (Å²) in [6.45, 7) is 0.166. The highest BCUT2D eigenvalue weighted by molar-refractivity contribution is 5.98. The number of ether oxygens (including phenoxy) is 3. The highest BCUT2D eigenvalue weighted by Crippen LogP contribution is 2.32. The minimum Gasteiger partial charge on any atom is -0.453 e. The lowest BCUT2D eigenvalue weighted by atomic mass is 10.0. The maximum atomic E-state index is 12.5. The summed E-state index contributed by atoms with van der Waals surface area (Å²) >= 11 is 0. The summed E-state index contributed by atoms with van der Waals surface area (Å²) in [5.74, 6) is -0.354. The van der Waals surface area contributed by atoms with Gasteiger partial charge in [0.2, 0.25) is 5.91 Å². The monoisotopic (exact) mass is 490 g/mol. The Kier molecular flexibility index (Phi) is 8.09. The number of methoxy groups -OCH3 is 1. The van der Waals surface area contributed by atoms with Crippen LogP contribution in [0.5, 0.6) is 0 Å². The van der Waals surface area contributed by atoms with Crippen LogP contribution in [-0.4, -0.2) is 43.4 Å². The lowest BCUT2D eigenvalue weighted by Gasteiger charge is -2.21. The van der Waals surface area contributed by atoms with Crippen molar-refractivity contribution in [1.29, 1.82) is 0 Å². The average molecular weight is 491 g/mol. The number of fused-ring (bicyclic) bond motifs is 4. The van der Waals surface area contributed by atoms with Crippen LogP contribution in [0.2, 0.25) is 0 Å². The first kappa shape index (κ1) is 24.7. The zero-order valence-corrected chi connectivity index (χ0v) is 19.7. The maximum Gasteiger partial charge on any atom is 0.411 e. The van der Waals surface area contributed by atoms with Crippen molar-refractivity contribution in [2.75, 3.05) is 31.0 Å². The molecule has 2 heterocycles. The molecule has 186 valence electrons. The number of pyridine rings is 1. The summed E-state index contributed by atoms with van der Waals surface area (Å²) in [5, 5.41) is 8.27. The molecular formula is C26H26N4O6. The molecule has 0 saturated heterocycles. The molecule has 3 amide bonds. The smallest absolute Gasteiger partial charge is 0.411 e. The van der Waals surface area contributed by atoms with E-state index in [0.717, 1.165) is 11.1 Å². The Balaban J connectivity index is 1.59. The van der Waals surface area contributed by atoms with E-state index in [0.29, 0.717) is 29.1 Å². The van der Waals surface area contributed by atoms with E-state index in [1.807, 2.05) is 36.4 Å². The van der Waals surface area contributed by atoms with Crippen LogP contribution < -0.4 is 16.0 Å². The van der Waals surface area contributed by atoms with Crippen LogP contribution in [0.3, 0.4) is 0 Å². The van der Waals surface area contributed by atoms with Crippen LogP contribution in [0.15, 0.2) is 66.9 Å². The van der Waals surface area contributed by atoms with Crippen molar-refractivity contribution < 1.29 is 28.6 Å². The number of hydrogen-bond acceptors (Lipinski definition) is 7. The Bertz CT molecular complexity index is 1230. The molecule has 4 rings (SSSR count). The summed E-state index contributed by atoms with van der Waals surface area (Å²) < 4.78 is 15.6. The lowest BCUT2D eigenvalue weighted by Crippen LogP contribution is -2.31. The van der Waals surface area contributed by atoms with Crippen LogP contribution in [0.1, 0.15) is 23.7 Å². The van der Waals surface area contributed by atoms with Gasteiger partial charge in [-0.1, -0.05) is 36.4 Å². The van der Waals surface area contributed by atoms with Crippen molar-refractivity contribution in [3.05, 3.63) is 78.1 Å². The van der Waals surface area contributed by atoms with Gasteiger partial charge in [-0.15, -0.1) is 0 Å². The Morgan fingerprint density at radius 1 is 1.11 bits per heavy atom. The standard InChI is InChI=1S/C26H26N4O6/c1-34-25(32)28-19-7-8-20-18-9-11-27-23(13-18)21(10-12-35-16-24(31)29-22(20)14-19)30-26(33)36-15-17-5-3-2-4-6-17/h2-9,11,13-14,21H,10,12,15-16H2,1H3,(H,28,32)(H,29,31)(H,30,33)/t21-/m0/s1. The number of carbonyl (C=O) groups excluding carboxylic acids is 3. The molecule has 0 aliphatic carbocycles. The molecule has 2 bridgehead atoms. The molecule has 1 aliphatic heterocycles. The van der Waals surface area contributed by atoms with Gasteiger partial charge in [0.1, 0.15) is 13.2 Å². The van der Waals surface area contributed by atoms with Crippen LogP contribution in [0.25, 0.3) is 11.1 Å². The average Bonchev–Trinajstić information content (AvgIpc) is 2.89. The van der Waals surface area contributed by atoms with Gasteiger partial charge in [0.25, 0.3) is 0 Å². The predicted molar refractivity (Wildman–Crippen MR) is 132 cm³/mol. The molecule has 0 unspecified atom stereocenters. The van der Waals surface area contributed by atoms with Gasteiger partial charge in [0, 0.05) is 24.1 Å². The van der Waals surface area contributed by atoms with E-state index < -0.39 is 18.2 Å². The second kappa shape index (κ2) is 11.8. The second-order valence-electron chi connectivity index (χ2n) is 7.99. The van der Waals surface area contributed by atoms with Crippen LogP contribution in [0, 0.1) is 0 Å². The number of amides is 3. The van der Waals surface area contributed by atoms with Crippen LogP contribution >= 0.6 is 0 Å². The third-order valence-corrected chi connectivity index (χ3v) is 5.46. The molecule has 3 aromatic rings. The number of nitrogens with one attached hydrogen (secondary N) is 3. The van der Waals surface area contributed by atoms with E-state index in [1.165, 1.54) is 7.11 Å². The van der Waals surface area contributed by atoms with E-state index in [1.54, 1.807) is 30.5 Å². The van der Waals surface area contributed by atoms with Crippen molar-refractivity contribution in [3.8, 4) is 11.1 Å². The molecule has 1 atom stereocenters. The molecular weight excluding hydrogens is 464 g/mol. The quantitative estimate of drug-likeness (QED) is 0.499. The molecule has 10 nitrogen and oxygen atoms in total. The maximum absolute atomic E-state index is 12.5. The van der Waals surface area contributed by atoms with Gasteiger partial charge in [-0.25, -0.2) is 9.59 Å². The predicted octanol–water partition coefficient (Wildman–Crippen LogP) is 4.25. The molecule has 10 heteroatoms. The fraction of sp³-hybridized carbons (Fsp3) is 0.231. The first-order valence-electron chi connectivity index (χ1n) is 11.3. The molecule has 0 fully saturated rings. The molecule has 36 heavy (non-hydrogen) atoms. The van der Waals surface area contributed by atoms with Crippen molar-refractivity contribution >= 4 is 29.5 Å². The summed E-state index contributed by atoms with van der Waals surface area (Å²) in [4.78, 5) is 41.1. The van der Waals surface area contributed by atoms with Crippen molar-refractivity contribution in [1.82, 2.24) is 10.3 Å². The largest absolute Gasteiger partial charge is 0.453 e. The Morgan fingerprint density at radius 3 is 2.75 bits per heavy atom. The normalized spacial score (nSPS) is 15.2. The van der Waals surface area contributed by atoms with E-state index in [9.17, 15) is 14.4 Å². The molecule has 0 saturated carbocycles. The summed E-state index contributed by atoms with van der Waals surface area (Å²) in [6, 6.07) is 17.6. The summed E-state index contributed by atoms with van der Waals surface area (Å²) in [6.07, 6.45) is 0.809. The number of nitrogens with zero attached hydrogens (tertiary/aromatic N) is 1. The summed E-state index contributed by atoms with van der Waals surface area (Å²) in [7, 11) is 1.27. The second-order valence-corrected chi connectivity index (χ2v) is 7.99. The fourth-order valence-electron chi connectivity index (χ4n) is 3.71. The first-order chi connectivity index (χ1) is 17.5. The molecule has 1 aromatic heterocycles. The molecule has 0 spiro atoms. The minimum absolute atomic E-state index is 0.138. The minimum atomic E-state index is -0.628. The van der Waals surface area contributed by atoms with Gasteiger partial charge in [-0.05, 0) is 41.8 Å². The number of hydrogen-bond donors (Lipinski definition) is 3. The molecule has 0 radical (unpaired) electrons. The highest BCUT2D eigenvalue weighted by atomic mass is 16.5. The summed E-state index contributed by atoms with van der Waals surface area (Å²) in [5.41, 5.74) is 3.88. The number of carbonyl (C=O) groups is 3. The van der Waals surface area contributed by atoms with E-state index in [2.05, 4.69) is 25.7 Å². The van der Waals surface area contributed by atoms with Gasteiger partial charge in [0.05, 0.1) is 24.5 Å². The number of aromatic nitrogens is 1. The third-order valence-electron chi connectivity index (χ3n) is 5.46. The zero-order chi connectivity index (χ0) is 25.3. The van der Waals surface area contributed by atoms with Crippen molar-refractivity contribution in [3.63, 3.8) is 0 Å². The van der Waals surface area contributed by atoms with Gasteiger partial charge in [0.15, 0.2) is 0 Å². The molecule has 2 aromatic carbocycles. The van der Waals surface area contributed by atoms with E-state index in [-0.39, 0.29) is 25.7 Å². The van der Waals surface area contributed by atoms with E-state index in [4.69, 9.17) is 9.47 Å². The number of alkyl carbamates (subject to hydrolysis) is 1. The Labute approximate surface area is 208 Å². The van der Waals surface area contributed by atoms with Crippen molar-refractivity contribution in [2.45, 2.75) is 19.1 Å². The SMILES string of the molecule is COC(=O)Nc1ccc2c(c1)NC(=O)COCC[C@H](NC(=O)OCc1ccccc1)c1cc-2ccn1. The number of benzene rings is 2. The van der Waals surface area contributed by atoms with E-state index >= 15 is 0 Å². The molecule has 1 aliphatic rings. The van der Waals surface area contributed by atoms with Gasteiger partial charge < -0.3 is 24.8 Å². The lowest BCUT2D eigenvalue weighted by molar-refractivity contribution is -0.120. The van der Waals surface area contributed by atoms with Crippen LogP contribution in [-0.2, 0) is 25.6 Å². The Hall–Kier alpha value is -4.44. The topological polar surface area (TPSA) is 128 Å². The zero-order valence-electron chi connectivity index (χ0n) is 19.7. The highest BCUT2D eigenvalue weighted by Gasteiger charge is 2.20.